The molecular formula is C15H13ClFNO3S. The van der Waals surface area contributed by atoms with Crippen LogP contribution in [0.3, 0.4) is 0 Å². The van der Waals surface area contributed by atoms with Gasteiger partial charge in [0.1, 0.15) is 10.7 Å². The van der Waals surface area contributed by atoms with Crippen LogP contribution in [0, 0.1) is 5.82 Å². The molecule has 0 aliphatic carbocycles. The Balaban J connectivity index is 1.86. The molecule has 0 fully saturated rings. The molecule has 116 valence electrons. The summed E-state index contributed by atoms with van der Waals surface area (Å²) in [5, 5.41) is 0. The molecule has 0 saturated heterocycles. The summed E-state index contributed by atoms with van der Waals surface area (Å²) >= 11 is 6.80. The van der Waals surface area contributed by atoms with Gasteiger partial charge in [-0.2, -0.15) is 0 Å². The average molecular weight is 342 g/mol. The zero-order valence-electron chi connectivity index (χ0n) is 11.7. The van der Waals surface area contributed by atoms with Gasteiger partial charge in [-0.1, -0.05) is 29.8 Å². The van der Waals surface area contributed by atoms with E-state index in [-0.39, 0.29) is 12.4 Å². The summed E-state index contributed by atoms with van der Waals surface area (Å²) in [5.74, 6) is -1.41. The minimum Gasteiger partial charge on any atom is -0.451 e. The van der Waals surface area contributed by atoms with Gasteiger partial charge in [-0.3, -0.25) is 4.79 Å². The van der Waals surface area contributed by atoms with Gasteiger partial charge in [-0.05, 0) is 18.2 Å². The van der Waals surface area contributed by atoms with Gasteiger partial charge in [-0.15, -0.1) is 11.3 Å². The quantitative estimate of drug-likeness (QED) is 0.783. The van der Waals surface area contributed by atoms with Crippen LogP contribution in [-0.2, 0) is 16.1 Å². The number of nitrogens with zero attached hydrogens (tertiary/aromatic N) is 1. The number of carbonyl (C=O) groups is 2. The van der Waals surface area contributed by atoms with E-state index in [0.717, 1.165) is 11.3 Å². The molecule has 22 heavy (non-hydrogen) atoms. The number of carbonyl (C=O) groups excluding carboxylic acids is 2. The Morgan fingerprint density at radius 1 is 1.27 bits per heavy atom. The number of hydrogen-bond acceptors (Lipinski definition) is 4. The molecule has 0 bridgehead atoms. The second-order valence-corrected chi connectivity index (χ2v) is 6.24. The number of thiophene rings is 1. The van der Waals surface area contributed by atoms with Crippen LogP contribution >= 0.6 is 22.9 Å². The Morgan fingerprint density at radius 2 is 2.00 bits per heavy atom. The van der Waals surface area contributed by atoms with E-state index < -0.39 is 18.5 Å². The van der Waals surface area contributed by atoms with E-state index in [1.165, 1.54) is 24.1 Å². The standard InChI is InChI=1S/C15H13ClFNO3S/c1-18(8-10-4-2-3-5-11(10)17)14(19)9-21-15(20)12-6-7-13(16)22-12/h2-7H,8-9H2,1H3. The van der Waals surface area contributed by atoms with Gasteiger partial charge < -0.3 is 9.64 Å². The second kappa shape index (κ2) is 7.38. The summed E-state index contributed by atoms with van der Waals surface area (Å²) in [5.41, 5.74) is 0.398. The summed E-state index contributed by atoms with van der Waals surface area (Å²) < 4.78 is 18.9. The average Bonchev–Trinajstić information content (AvgIpc) is 2.93. The van der Waals surface area contributed by atoms with Gasteiger partial charge >= 0.3 is 5.97 Å². The summed E-state index contributed by atoms with van der Waals surface area (Å²) in [6.45, 7) is -0.298. The van der Waals surface area contributed by atoms with Crippen LogP contribution in [0.5, 0.6) is 0 Å². The van der Waals surface area contributed by atoms with Crippen molar-refractivity contribution in [2.75, 3.05) is 13.7 Å². The molecule has 0 radical (unpaired) electrons. The topological polar surface area (TPSA) is 46.6 Å². The number of hydrogen-bond donors (Lipinski definition) is 0. The van der Waals surface area contributed by atoms with Crippen LogP contribution in [0.2, 0.25) is 4.34 Å². The smallest absolute Gasteiger partial charge is 0.348 e. The Morgan fingerprint density at radius 3 is 2.64 bits per heavy atom. The summed E-state index contributed by atoms with van der Waals surface area (Å²) in [4.78, 5) is 25.2. The van der Waals surface area contributed by atoms with Crippen molar-refractivity contribution in [3.05, 3.63) is 57.0 Å². The van der Waals surface area contributed by atoms with Crippen LogP contribution in [0.1, 0.15) is 15.2 Å². The van der Waals surface area contributed by atoms with Gasteiger partial charge in [-0.25, -0.2) is 9.18 Å². The third kappa shape index (κ3) is 4.29. The molecule has 0 atom stereocenters. The third-order valence-electron chi connectivity index (χ3n) is 2.89. The first-order valence-electron chi connectivity index (χ1n) is 6.37. The van der Waals surface area contributed by atoms with E-state index in [9.17, 15) is 14.0 Å². The van der Waals surface area contributed by atoms with Crippen molar-refractivity contribution >= 4 is 34.8 Å². The zero-order valence-corrected chi connectivity index (χ0v) is 13.3. The maximum absolute atomic E-state index is 13.5. The molecule has 0 saturated carbocycles. The third-order valence-corrected chi connectivity index (χ3v) is 4.10. The molecule has 7 heteroatoms. The molecule has 1 heterocycles. The largest absolute Gasteiger partial charge is 0.451 e. The minimum absolute atomic E-state index is 0.105. The van der Waals surface area contributed by atoms with E-state index in [0.29, 0.717) is 14.8 Å². The van der Waals surface area contributed by atoms with Crippen molar-refractivity contribution in [2.24, 2.45) is 0 Å². The first-order valence-corrected chi connectivity index (χ1v) is 7.56. The maximum atomic E-state index is 13.5. The molecule has 0 aliphatic rings. The minimum atomic E-state index is -0.607. The summed E-state index contributed by atoms with van der Waals surface area (Å²) in [6.07, 6.45) is 0. The lowest BCUT2D eigenvalue weighted by atomic mass is 10.2. The highest BCUT2D eigenvalue weighted by atomic mass is 35.5. The van der Waals surface area contributed by atoms with E-state index >= 15 is 0 Å². The second-order valence-electron chi connectivity index (χ2n) is 4.52. The van der Waals surface area contributed by atoms with Gasteiger partial charge in [0, 0.05) is 19.2 Å². The fraction of sp³-hybridized carbons (Fsp3) is 0.200. The number of halogens is 2. The summed E-state index contributed by atoms with van der Waals surface area (Å²) in [7, 11) is 1.52. The normalized spacial score (nSPS) is 10.3. The lowest BCUT2D eigenvalue weighted by molar-refractivity contribution is -0.133. The highest BCUT2D eigenvalue weighted by Gasteiger charge is 2.16. The van der Waals surface area contributed by atoms with Gasteiger partial charge in [0.05, 0.1) is 4.34 Å². The molecule has 1 amide bonds. The van der Waals surface area contributed by atoms with Crippen LogP contribution < -0.4 is 0 Å². The van der Waals surface area contributed by atoms with Crippen LogP contribution in [0.4, 0.5) is 4.39 Å². The number of esters is 1. The number of ether oxygens (including phenoxy) is 1. The van der Waals surface area contributed by atoms with E-state index in [1.54, 1.807) is 24.3 Å². The van der Waals surface area contributed by atoms with Gasteiger partial charge in [0.25, 0.3) is 5.91 Å². The van der Waals surface area contributed by atoms with Gasteiger partial charge in [0.2, 0.25) is 0 Å². The molecule has 1 aromatic carbocycles. The highest BCUT2D eigenvalue weighted by molar-refractivity contribution is 7.17. The van der Waals surface area contributed by atoms with Crippen molar-refractivity contribution in [1.82, 2.24) is 4.90 Å². The predicted molar refractivity (Wildman–Crippen MR) is 82.5 cm³/mol. The molecule has 1 aromatic heterocycles. The van der Waals surface area contributed by atoms with E-state index in [1.807, 2.05) is 0 Å². The SMILES string of the molecule is CN(Cc1ccccc1F)C(=O)COC(=O)c1ccc(Cl)s1. The molecule has 0 N–H and O–H groups in total. The molecule has 0 aliphatic heterocycles. The lowest BCUT2D eigenvalue weighted by Gasteiger charge is -2.17. The van der Waals surface area contributed by atoms with Crippen molar-refractivity contribution < 1.29 is 18.7 Å². The number of rotatable bonds is 5. The first-order chi connectivity index (χ1) is 10.5. The van der Waals surface area contributed by atoms with Crippen LogP contribution in [0.15, 0.2) is 36.4 Å². The summed E-state index contributed by atoms with van der Waals surface area (Å²) in [6, 6.07) is 9.30. The van der Waals surface area contributed by atoms with Crippen molar-refractivity contribution in [2.45, 2.75) is 6.54 Å². The molecule has 2 rings (SSSR count). The van der Waals surface area contributed by atoms with Crippen LogP contribution in [-0.4, -0.2) is 30.4 Å². The van der Waals surface area contributed by atoms with Crippen molar-refractivity contribution in [1.29, 1.82) is 0 Å². The molecule has 4 nitrogen and oxygen atoms in total. The van der Waals surface area contributed by atoms with E-state index in [2.05, 4.69) is 0 Å². The fourth-order valence-electron chi connectivity index (χ4n) is 1.70. The number of benzene rings is 1. The predicted octanol–water partition coefficient (Wildman–Crippen LogP) is 3.36. The highest BCUT2D eigenvalue weighted by Crippen LogP contribution is 2.22. The lowest BCUT2D eigenvalue weighted by Crippen LogP contribution is -2.31. The maximum Gasteiger partial charge on any atom is 0.348 e. The zero-order chi connectivity index (χ0) is 16.1. The number of likely N-dealkylation sites (N-methyl/N-ethyl adjacent to an activating group) is 1. The Bertz CT molecular complexity index is 689. The van der Waals surface area contributed by atoms with Crippen molar-refractivity contribution in [3.8, 4) is 0 Å². The van der Waals surface area contributed by atoms with E-state index in [4.69, 9.17) is 16.3 Å². The van der Waals surface area contributed by atoms with Crippen LogP contribution in [0.25, 0.3) is 0 Å². The molecule has 2 aromatic rings. The Kier molecular flexibility index (Phi) is 5.51. The monoisotopic (exact) mass is 341 g/mol. The molecular weight excluding hydrogens is 329 g/mol. The number of amides is 1. The van der Waals surface area contributed by atoms with Crippen molar-refractivity contribution in [3.63, 3.8) is 0 Å². The first kappa shape index (κ1) is 16.5. The Hall–Kier alpha value is -1.92. The van der Waals surface area contributed by atoms with Gasteiger partial charge in [0.15, 0.2) is 6.61 Å². The molecule has 0 spiro atoms. The Labute approximate surface area is 136 Å². The molecule has 0 unspecified atom stereocenters. The fourth-order valence-corrected chi connectivity index (χ4v) is 2.64.